The number of thioether (sulfide) groups is 1. The molecule has 0 saturated heterocycles. The lowest BCUT2D eigenvalue weighted by Crippen LogP contribution is -2.28. The van der Waals surface area contributed by atoms with Crippen molar-refractivity contribution in [2.24, 2.45) is 0 Å². The van der Waals surface area contributed by atoms with Crippen LogP contribution in [0.5, 0.6) is 11.5 Å². The van der Waals surface area contributed by atoms with Crippen molar-refractivity contribution in [3.63, 3.8) is 0 Å². The van der Waals surface area contributed by atoms with Gasteiger partial charge in [-0.05, 0) is 36.8 Å². The van der Waals surface area contributed by atoms with Gasteiger partial charge in [0.15, 0.2) is 0 Å². The number of carbonyl (C=O) groups is 1. The molecule has 2 aromatic rings. The molecule has 0 unspecified atom stereocenters. The van der Waals surface area contributed by atoms with E-state index in [0.29, 0.717) is 11.5 Å². The Kier molecular flexibility index (Phi) is 7.47. The Morgan fingerprint density at radius 2 is 1.96 bits per heavy atom. The van der Waals surface area contributed by atoms with Crippen LogP contribution in [-0.2, 0) is 10.5 Å². The Morgan fingerprint density at radius 3 is 2.64 bits per heavy atom. The highest BCUT2D eigenvalue weighted by Crippen LogP contribution is 2.29. The molecule has 6 heteroatoms. The zero-order valence-corrected chi connectivity index (χ0v) is 16.1. The summed E-state index contributed by atoms with van der Waals surface area (Å²) in [5.74, 6) is 2.47. The first kappa shape index (κ1) is 19.5. The van der Waals surface area contributed by atoms with E-state index in [1.807, 2.05) is 49.4 Å². The molecule has 0 aromatic heterocycles. The molecule has 0 aliphatic rings. The van der Waals surface area contributed by atoms with Gasteiger partial charge in [-0.25, -0.2) is 0 Å². The van der Waals surface area contributed by atoms with E-state index in [-0.39, 0.29) is 11.9 Å². The van der Waals surface area contributed by atoms with Gasteiger partial charge in [-0.3, -0.25) is 4.79 Å². The number of rotatable bonds is 8. The van der Waals surface area contributed by atoms with Crippen LogP contribution < -0.4 is 14.8 Å². The smallest absolute Gasteiger partial charge is 0.230 e. The lowest BCUT2D eigenvalue weighted by Gasteiger charge is -2.18. The third-order valence-electron chi connectivity index (χ3n) is 3.73. The van der Waals surface area contributed by atoms with Gasteiger partial charge in [0, 0.05) is 16.3 Å². The number of hydrogen-bond donors (Lipinski definition) is 1. The van der Waals surface area contributed by atoms with Gasteiger partial charge in [0.05, 0.1) is 26.0 Å². The van der Waals surface area contributed by atoms with Crippen LogP contribution in [0.15, 0.2) is 42.5 Å². The molecule has 25 heavy (non-hydrogen) atoms. The second-order valence-corrected chi connectivity index (χ2v) is 6.87. The fourth-order valence-corrected chi connectivity index (χ4v) is 3.53. The SMILES string of the molecule is COc1ccc(OC)c([C@@H](C)NC(=O)CSCc2ccccc2Cl)c1. The second kappa shape index (κ2) is 9.59. The molecule has 2 rings (SSSR count). The Hall–Kier alpha value is -1.85. The summed E-state index contributed by atoms with van der Waals surface area (Å²) in [7, 11) is 3.22. The van der Waals surface area contributed by atoms with Crippen LogP contribution in [0.2, 0.25) is 5.02 Å². The molecule has 1 amide bonds. The number of carbonyl (C=O) groups excluding carboxylic acids is 1. The van der Waals surface area contributed by atoms with E-state index in [1.165, 1.54) is 11.8 Å². The maximum atomic E-state index is 12.2. The maximum absolute atomic E-state index is 12.2. The molecular weight excluding hydrogens is 358 g/mol. The average molecular weight is 380 g/mol. The topological polar surface area (TPSA) is 47.6 Å². The zero-order valence-electron chi connectivity index (χ0n) is 14.5. The van der Waals surface area contributed by atoms with Gasteiger partial charge in [-0.1, -0.05) is 29.8 Å². The summed E-state index contributed by atoms with van der Waals surface area (Å²) in [6.07, 6.45) is 0. The number of nitrogens with one attached hydrogen (secondary N) is 1. The quantitative estimate of drug-likeness (QED) is 0.735. The van der Waals surface area contributed by atoms with Crippen molar-refractivity contribution in [1.82, 2.24) is 5.32 Å². The van der Waals surface area contributed by atoms with Crippen molar-refractivity contribution in [1.29, 1.82) is 0 Å². The number of ether oxygens (including phenoxy) is 2. The number of hydrogen-bond acceptors (Lipinski definition) is 4. The number of methoxy groups -OCH3 is 2. The summed E-state index contributed by atoms with van der Waals surface area (Å²) >= 11 is 7.66. The van der Waals surface area contributed by atoms with Crippen molar-refractivity contribution in [3.05, 3.63) is 58.6 Å². The molecule has 0 radical (unpaired) electrons. The number of halogens is 1. The standard InChI is InChI=1S/C19H22ClNO3S/c1-13(16-10-15(23-2)8-9-18(16)24-3)21-19(22)12-25-11-14-6-4-5-7-17(14)20/h4-10,13H,11-12H2,1-3H3,(H,21,22)/t13-/m1/s1. The summed E-state index contributed by atoms with van der Waals surface area (Å²) in [4.78, 5) is 12.2. The van der Waals surface area contributed by atoms with Crippen LogP contribution >= 0.6 is 23.4 Å². The minimum atomic E-state index is -0.182. The molecule has 2 aromatic carbocycles. The van der Waals surface area contributed by atoms with Gasteiger partial charge in [0.25, 0.3) is 0 Å². The van der Waals surface area contributed by atoms with Crippen LogP contribution in [0.1, 0.15) is 24.1 Å². The molecule has 0 aliphatic carbocycles. The fraction of sp³-hybridized carbons (Fsp3) is 0.316. The molecular formula is C19H22ClNO3S. The molecule has 134 valence electrons. The highest BCUT2D eigenvalue weighted by atomic mass is 35.5. The van der Waals surface area contributed by atoms with Gasteiger partial charge in [-0.2, -0.15) is 0 Å². The van der Waals surface area contributed by atoms with Crippen LogP contribution in [0.4, 0.5) is 0 Å². The van der Waals surface area contributed by atoms with E-state index in [0.717, 1.165) is 27.6 Å². The van der Waals surface area contributed by atoms with Crippen molar-refractivity contribution in [2.75, 3.05) is 20.0 Å². The van der Waals surface area contributed by atoms with Gasteiger partial charge in [-0.15, -0.1) is 11.8 Å². The average Bonchev–Trinajstić information content (AvgIpc) is 2.62. The second-order valence-electron chi connectivity index (χ2n) is 5.48. The lowest BCUT2D eigenvalue weighted by atomic mass is 10.1. The van der Waals surface area contributed by atoms with Crippen molar-refractivity contribution < 1.29 is 14.3 Å². The molecule has 1 atom stereocenters. The Balaban J connectivity index is 1.91. The molecule has 0 fully saturated rings. The predicted molar refractivity (Wildman–Crippen MR) is 104 cm³/mol. The third-order valence-corrected chi connectivity index (χ3v) is 5.08. The Bertz CT molecular complexity index is 724. The number of benzene rings is 2. The van der Waals surface area contributed by atoms with Crippen LogP contribution in [0.3, 0.4) is 0 Å². The van der Waals surface area contributed by atoms with Gasteiger partial charge < -0.3 is 14.8 Å². The largest absolute Gasteiger partial charge is 0.497 e. The van der Waals surface area contributed by atoms with Gasteiger partial charge >= 0.3 is 0 Å². The molecule has 4 nitrogen and oxygen atoms in total. The minimum Gasteiger partial charge on any atom is -0.497 e. The molecule has 0 aliphatic heterocycles. The van der Waals surface area contributed by atoms with Gasteiger partial charge in [0.2, 0.25) is 5.91 Å². The van der Waals surface area contributed by atoms with Crippen LogP contribution in [-0.4, -0.2) is 25.9 Å². The van der Waals surface area contributed by atoms with Gasteiger partial charge in [0.1, 0.15) is 11.5 Å². The Labute approximate surface area is 157 Å². The van der Waals surface area contributed by atoms with Crippen molar-refractivity contribution in [2.45, 2.75) is 18.7 Å². The van der Waals surface area contributed by atoms with E-state index in [9.17, 15) is 4.79 Å². The summed E-state index contributed by atoms with van der Waals surface area (Å²) in [6, 6.07) is 13.0. The highest BCUT2D eigenvalue weighted by molar-refractivity contribution is 7.99. The summed E-state index contributed by atoms with van der Waals surface area (Å²) in [6.45, 7) is 1.92. The van der Waals surface area contributed by atoms with Crippen molar-refractivity contribution >= 4 is 29.3 Å². The minimum absolute atomic E-state index is 0.0329. The molecule has 1 N–H and O–H groups in total. The van der Waals surface area contributed by atoms with E-state index in [1.54, 1.807) is 14.2 Å². The summed E-state index contributed by atoms with van der Waals surface area (Å²) < 4.78 is 10.6. The lowest BCUT2D eigenvalue weighted by molar-refractivity contribution is -0.119. The van der Waals surface area contributed by atoms with E-state index in [2.05, 4.69) is 5.32 Å². The zero-order chi connectivity index (χ0) is 18.2. The first-order valence-electron chi connectivity index (χ1n) is 7.87. The van der Waals surface area contributed by atoms with Crippen molar-refractivity contribution in [3.8, 4) is 11.5 Å². The molecule has 0 spiro atoms. The summed E-state index contributed by atoms with van der Waals surface area (Å²) in [5.41, 5.74) is 1.91. The number of amides is 1. The third kappa shape index (κ3) is 5.58. The Morgan fingerprint density at radius 1 is 1.20 bits per heavy atom. The highest BCUT2D eigenvalue weighted by Gasteiger charge is 2.15. The molecule has 0 saturated carbocycles. The molecule has 0 heterocycles. The van der Waals surface area contributed by atoms with E-state index in [4.69, 9.17) is 21.1 Å². The van der Waals surface area contributed by atoms with Crippen LogP contribution in [0.25, 0.3) is 0 Å². The molecule has 0 bridgehead atoms. The monoisotopic (exact) mass is 379 g/mol. The predicted octanol–water partition coefficient (Wildman–Crippen LogP) is 4.47. The van der Waals surface area contributed by atoms with Crippen LogP contribution in [0, 0.1) is 0 Å². The van der Waals surface area contributed by atoms with E-state index < -0.39 is 0 Å². The maximum Gasteiger partial charge on any atom is 0.230 e. The fourth-order valence-electron chi connectivity index (χ4n) is 2.41. The van der Waals surface area contributed by atoms with E-state index >= 15 is 0 Å². The first-order chi connectivity index (χ1) is 12.0. The summed E-state index contributed by atoms with van der Waals surface area (Å²) in [5, 5.41) is 3.72. The first-order valence-corrected chi connectivity index (χ1v) is 9.41. The normalized spacial score (nSPS) is 11.7.